The van der Waals surface area contributed by atoms with Gasteiger partial charge in [-0.3, -0.25) is 4.79 Å². The monoisotopic (exact) mass is 1270 g/mol. The molecule has 2 heterocycles. The molecule has 524 valence electrons. The molecule has 0 aliphatic carbocycles. The molecule has 12 atom stereocenters. The highest BCUT2D eigenvalue weighted by Crippen LogP contribution is 2.30. The van der Waals surface area contributed by atoms with Gasteiger partial charge in [-0.05, 0) is 70.6 Å². The first-order valence-corrected chi connectivity index (χ1v) is 37.2. The lowest BCUT2D eigenvalue weighted by Gasteiger charge is -2.46. The summed E-state index contributed by atoms with van der Waals surface area (Å²) in [7, 11) is 0. The predicted octanol–water partition coefficient (Wildman–Crippen LogP) is 15.8. The molecular formula is C76H137NO13. The minimum absolute atomic E-state index is 0.248. The number of nitrogens with one attached hydrogen (secondary N) is 1. The largest absolute Gasteiger partial charge is 0.394 e. The van der Waals surface area contributed by atoms with Crippen molar-refractivity contribution >= 4 is 5.91 Å². The lowest BCUT2D eigenvalue weighted by Crippen LogP contribution is -2.65. The number of unbranched alkanes of at least 4 members (excludes halogenated alkanes) is 38. The van der Waals surface area contributed by atoms with E-state index in [2.05, 4.69) is 79.9 Å². The molecule has 2 aliphatic rings. The first-order valence-electron chi connectivity index (χ1n) is 37.2. The van der Waals surface area contributed by atoms with E-state index in [1.807, 2.05) is 6.08 Å². The van der Waals surface area contributed by atoms with Crippen LogP contribution in [-0.4, -0.2) is 140 Å². The van der Waals surface area contributed by atoms with Crippen LogP contribution in [0.4, 0.5) is 0 Å². The minimum atomic E-state index is -1.79. The summed E-state index contributed by atoms with van der Waals surface area (Å²) in [5, 5.41) is 87.5. The van der Waals surface area contributed by atoms with Crippen LogP contribution in [-0.2, 0) is 23.7 Å². The molecule has 2 fully saturated rings. The van der Waals surface area contributed by atoms with E-state index in [0.717, 1.165) is 57.8 Å². The van der Waals surface area contributed by atoms with Gasteiger partial charge in [-0.1, -0.05) is 305 Å². The number of amides is 1. The molecule has 90 heavy (non-hydrogen) atoms. The van der Waals surface area contributed by atoms with E-state index in [4.69, 9.17) is 18.9 Å². The third-order valence-corrected chi connectivity index (χ3v) is 17.9. The Balaban J connectivity index is 1.67. The van der Waals surface area contributed by atoms with Crippen LogP contribution in [0.15, 0.2) is 72.9 Å². The maximum atomic E-state index is 13.4. The Morgan fingerprint density at radius 1 is 0.411 bits per heavy atom. The summed E-state index contributed by atoms with van der Waals surface area (Å²) >= 11 is 0. The molecule has 9 N–H and O–H groups in total. The molecule has 2 rings (SSSR count). The van der Waals surface area contributed by atoms with Crippen LogP contribution < -0.4 is 5.32 Å². The van der Waals surface area contributed by atoms with Gasteiger partial charge in [-0.25, -0.2) is 0 Å². The van der Waals surface area contributed by atoms with Crippen molar-refractivity contribution in [3.63, 3.8) is 0 Å². The van der Waals surface area contributed by atoms with Crippen molar-refractivity contribution in [2.75, 3.05) is 19.8 Å². The first kappa shape index (κ1) is 83.5. The maximum absolute atomic E-state index is 13.4. The van der Waals surface area contributed by atoms with Crippen molar-refractivity contribution in [1.82, 2.24) is 5.32 Å². The quantitative estimate of drug-likeness (QED) is 0.0204. The van der Waals surface area contributed by atoms with E-state index in [9.17, 15) is 45.6 Å². The Morgan fingerprint density at radius 3 is 1.22 bits per heavy atom. The van der Waals surface area contributed by atoms with Gasteiger partial charge < -0.3 is 65.1 Å². The van der Waals surface area contributed by atoms with E-state index in [1.54, 1.807) is 6.08 Å². The molecular weight excluding hydrogens is 1130 g/mol. The summed E-state index contributed by atoms with van der Waals surface area (Å²) in [6.45, 7) is 2.71. The highest BCUT2D eigenvalue weighted by atomic mass is 16.7. The molecule has 0 bridgehead atoms. The number of carbonyl (C=O) groups is 1. The normalized spacial score (nSPS) is 23.3. The number of aliphatic hydroxyl groups is 8. The van der Waals surface area contributed by atoms with Crippen LogP contribution in [0, 0.1) is 0 Å². The van der Waals surface area contributed by atoms with Gasteiger partial charge in [0.05, 0.1) is 32.0 Å². The number of aliphatic hydroxyl groups excluding tert-OH is 8. The standard InChI is InChI=1S/C76H137NO13/c1-3-5-7-9-11-13-15-17-19-21-23-25-27-29-31-32-34-35-37-39-41-43-45-47-49-51-53-55-57-59-65(80)64(63-87-75-73(86)71(84)74(67(62-79)89-75)90-76-72(85)70(83)69(82)66(61-78)88-76)77-68(81)60-58-56-54-52-50-48-46-44-42-40-38-36-33-30-28-26-24-22-20-18-16-14-12-10-8-6-4-2/h6,8,12,14,18,20,24,26,49,51,57,59,64-67,69-76,78-80,82-86H,3-5,7,9-11,13,15-17,19,21-23,25,27-48,50,52-56,58,60-63H2,1-2H3,(H,77,81)/b8-6-,14-12-,20-18-,26-24-,51-49+,59-57+. The predicted molar refractivity (Wildman–Crippen MR) is 369 cm³/mol. The van der Waals surface area contributed by atoms with Gasteiger partial charge in [-0.2, -0.15) is 0 Å². The van der Waals surface area contributed by atoms with Crippen molar-refractivity contribution in [2.24, 2.45) is 0 Å². The van der Waals surface area contributed by atoms with Crippen LogP contribution in [0.25, 0.3) is 0 Å². The fourth-order valence-electron chi connectivity index (χ4n) is 12.0. The smallest absolute Gasteiger partial charge is 0.220 e. The number of hydrogen-bond donors (Lipinski definition) is 9. The van der Waals surface area contributed by atoms with E-state index in [1.165, 1.54) is 218 Å². The van der Waals surface area contributed by atoms with Gasteiger partial charge in [0.15, 0.2) is 12.6 Å². The topological polar surface area (TPSA) is 228 Å². The number of carbonyl (C=O) groups excluding carboxylic acids is 1. The third kappa shape index (κ3) is 43.4. The Labute approximate surface area is 548 Å². The van der Waals surface area contributed by atoms with E-state index < -0.39 is 86.8 Å². The molecule has 0 radical (unpaired) electrons. The molecule has 0 aromatic carbocycles. The lowest BCUT2D eigenvalue weighted by atomic mass is 9.97. The number of hydrogen-bond acceptors (Lipinski definition) is 13. The summed E-state index contributed by atoms with van der Waals surface area (Å²) in [5.41, 5.74) is 0. The van der Waals surface area contributed by atoms with E-state index >= 15 is 0 Å². The number of ether oxygens (including phenoxy) is 4. The van der Waals surface area contributed by atoms with Crippen molar-refractivity contribution in [1.29, 1.82) is 0 Å². The molecule has 0 spiro atoms. The fourth-order valence-corrected chi connectivity index (χ4v) is 12.0. The molecule has 2 aliphatic heterocycles. The highest BCUT2D eigenvalue weighted by molar-refractivity contribution is 5.76. The van der Waals surface area contributed by atoms with Gasteiger partial charge in [0.1, 0.15) is 48.8 Å². The summed E-state index contributed by atoms with van der Waals surface area (Å²) in [6, 6.07) is -0.937. The first-order chi connectivity index (χ1) is 44.1. The Morgan fingerprint density at radius 2 is 0.778 bits per heavy atom. The third-order valence-electron chi connectivity index (χ3n) is 17.9. The summed E-state index contributed by atoms with van der Waals surface area (Å²) < 4.78 is 22.9. The highest BCUT2D eigenvalue weighted by Gasteiger charge is 2.51. The summed E-state index contributed by atoms with van der Waals surface area (Å²) in [5.74, 6) is -0.248. The fraction of sp³-hybridized carbons (Fsp3) is 0.829. The molecule has 0 saturated carbocycles. The maximum Gasteiger partial charge on any atom is 0.220 e. The molecule has 2 saturated heterocycles. The second-order valence-electron chi connectivity index (χ2n) is 26.0. The Bertz CT molecular complexity index is 1790. The molecule has 14 heteroatoms. The summed E-state index contributed by atoms with van der Waals surface area (Å²) in [4.78, 5) is 13.4. The SMILES string of the molecule is CC/C=C\C/C=C\C/C=C\C/C=C\CCCCCCCCCCCCCCCCC(=O)NC(COC1OC(CO)C(OC2OC(CO)C(O)C(O)C2O)C(O)C1O)C(O)/C=C/CC/C=C/CCCCCCCCCCCCCCCCCCCCCCCCC. The van der Waals surface area contributed by atoms with Crippen LogP contribution >= 0.6 is 0 Å². The second kappa shape index (κ2) is 60.1. The average molecular weight is 1270 g/mol. The van der Waals surface area contributed by atoms with Gasteiger partial charge in [0.2, 0.25) is 5.91 Å². The zero-order chi connectivity index (χ0) is 65.2. The Kier molecular flexibility index (Phi) is 55.8. The second-order valence-corrected chi connectivity index (χ2v) is 26.0. The molecule has 0 aromatic heterocycles. The van der Waals surface area contributed by atoms with Gasteiger partial charge in [0, 0.05) is 6.42 Å². The van der Waals surface area contributed by atoms with Crippen molar-refractivity contribution in [3.8, 4) is 0 Å². The van der Waals surface area contributed by atoms with Gasteiger partial charge >= 0.3 is 0 Å². The molecule has 1 amide bonds. The average Bonchev–Trinajstić information content (AvgIpc) is 1.41. The van der Waals surface area contributed by atoms with E-state index in [0.29, 0.717) is 12.8 Å². The molecule has 14 nitrogen and oxygen atoms in total. The van der Waals surface area contributed by atoms with Crippen molar-refractivity contribution < 1.29 is 64.6 Å². The van der Waals surface area contributed by atoms with Crippen molar-refractivity contribution in [3.05, 3.63) is 72.9 Å². The lowest BCUT2D eigenvalue weighted by molar-refractivity contribution is -0.359. The number of allylic oxidation sites excluding steroid dienone is 11. The van der Waals surface area contributed by atoms with Crippen LogP contribution in [0.2, 0.25) is 0 Å². The van der Waals surface area contributed by atoms with Gasteiger partial charge in [0.25, 0.3) is 0 Å². The van der Waals surface area contributed by atoms with E-state index in [-0.39, 0.29) is 18.9 Å². The number of rotatable bonds is 61. The Hall–Kier alpha value is -2.57. The molecule has 12 unspecified atom stereocenters. The zero-order valence-corrected chi connectivity index (χ0v) is 57.1. The van der Waals surface area contributed by atoms with Crippen molar-refractivity contribution in [2.45, 2.75) is 383 Å². The van der Waals surface area contributed by atoms with Crippen LogP contribution in [0.1, 0.15) is 309 Å². The van der Waals surface area contributed by atoms with Crippen LogP contribution in [0.3, 0.4) is 0 Å². The minimum Gasteiger partial charge on any atom is -0.394 e. The van der Waals surface area contributed by atoms with Crippen LogP contribution in [0.5, 0.6) is 0 Å². The zero-order valence-electron chi connectivity index (χ0n) is 57.1. The molecule has 0 aromatic rings. The van der Waals surface area contributed by atoms with Gasteiger partial charge in [-0.15, -0.1) is 0 Å². The summed E-state index contributed by atoms with van der Waals surface area (Å²) in [6.07, 6.45) is 65.4.